The molecule has 140 valence electrons. The minimum Gasteiger partial charge on any atom is -0.346 e. The van der Waals surface area contributed by atoms with Gasteiger partial charge in [0, 0.05) is 36.1 Å². The SMILES string of the molecule is Cc1c[nH]c2ncnc(N3C=C(c4ccc5c(c4)CCNC5)SCC3)c12.Cl. The van der Waals surface area contributed by atoms with Crippen LogP contribution in [0.25, 0.3) is 15.9 Å². The zero-order valence-electron chi connectivity index (χ0n) is 15.2. The predicted octanol–water partition coefficient (Wildman–Crippen LogP) is 3.89. The summed E-state index contributed by atoms with van der Waals surface area (Å²) in [7, 11) is 0. The minimum atomic E-state index is 0. The topological polar surface area (TPSA) is 56.8 Å². The van der Waals surface area contributed by atoms with Gasteiger partial charge in [-0.2, -0.15) is 0 Å². The van der Waals surface area contributed by atoms with Gasteiger partial charge in [-0.05, 0) is 42.1 Å². The van der Waals surface area contributed by atoms with Gasteiger partial charge in [0.05, 0.1) is 5.39 Å². The Morgan fingerprint density at radius 3 is 3.04 bits per heavy atom. The standard InChI is InChI=1S/C20H21N5S.ClH/c1-13-9-22-19-18(13)20(24-12-23-19)25-6-7-26-17(11-25)15-2-3-16-10-21-5-4-14(16)8-15;/h2-3,8-9,11-12,21H,4-7,10H2,1H3,(H,22,23,24);1H. The largest absolute Gasteiger partial charge is 0.346 e. The number of halogens is 1. The van der Waals surface area contributed by atoms with Crippen LogP contribution in [-0.2, 0) is 13.0 Å². The van der Waals surface area contributed by atoms with Gasteiger partial charge in [-0.3, -0.25) is 0 Å². The molecule has 2 aliphatic rings. The average molecular weight is 400 g/mol. The van der Waals surface area contributed by atoms with Crippen LogP contribution in [0.2, 0.25) is 0 Å². The quantitative estimate of drug-likeness (QED) is 0.684. The molecule has 2 aromatic heterocycles. The highest BCUT2D eigenvalue weighted by Crippen LogP contribution is 2.36. The summed E-state index contributed by atoms with van der Waals surface area (Å²) in [6, 6.07) is 6.90. The molecular weight excluding hydrogens is 378 g/mol. The molecule has 3 aromatic rings. The first kappa shape index (κ1) is 18.3. The van der Waals surface area contributed by atoms with Gasteiger partial charge >= 0.3 is 0 Å². The molecule has 27 heavy (non-hydrogen) atoms. The first-order valence-corrected chi connectivity index (χ1v) is 10.0. The van der Waals surface area contributed by atoms with Gasteiger partial charge in [-0.1, -0.05) is 18.2 Å². The summed E-state index contributed by atoms with van der Waals surface area (Å²) >= 11 is 1.93. The highest BCUT2D eigenvalue weighted by Gasteiger charge is 2.19. The zero-order valence-corrected chi connectivity index (χ0v) is 16.8. The fourth-order valence-corrected chi connectivity index (χ4v) is 4.77. The smallest absolute Gasteiger partial charge is 0.145 e. The van der Waals surface area contributed by atoms with E-state index in [0.29, 0.717) is 0 Å². The van der Waals surface area contributed by atoms with E-state index in [0.717, 1.165) is 48.7 Å². The molecule has 0 aliphatic carbocycles. The molecule has 5 rings (SSSR count). The number of anilines is 1. The fourth-order valence-electron chi connectivity index (χ4n) is 3.77. The number of hydrogen-bond acceptors (Lipinski definition) is 5. The summed E-state index contributed by atoms with van der Waals surface area (Å²) in [4.78, 5) is 15.8. The number of thioether (sulfide) groups is 1. The number of aromatic nitrogens is 3. The third kappa shape index (κ3) is 3.33. The van der Waals surface area contributed by atoms with Gasteiger partial charge in [-0.15, -0.1) is 24.2 Å². The van der Waals surface area contributed by atoms with Gasteiger partial charge in [0.15, 0.2) is 0 Å². The Bertz CT molecular complexity index is 1010. The highest BCUT2D eigenvalue weighted by molar-refractivity contribution is 8.08. The van der Waals surface area contributed by atoms with Crippen LogP contribution in [0.15, 0.2) is 36.9 Å². The second kappa shape index (κ2) is 7.54. The molecule has 4 heterocycles. The maximum Gasteiger partial charge on any atom is 0.145 e. The van der Waals surface area contributed by atoms with Gasteiger partial charge < -0.3 is 15.2 Å². The molecule has 0 saturated carbocycles. The summed E-state index contributed by atoms with van der Waals surface area (Å²) in [5.41, 5.74) is 6.31. The Kier molecular flexibility index (Phi) is 5.12. The molecule has 0 unspecified atom stereocenters. The number of nitrogens with zero attached hydrogens (tertiary/aromatic N) is 3. The third-order valence-electron chi connectivity index (χ3n) is 5.16. The van der Waals surface area contributed by atoms with Crippen LogP contribution in [-0.4, -0.2) is 33.8 Å². The van der Waals surface area contributed by atoms with Crippen LogP contribution in [0.5, 0.6) is 0 Å². The first-order valence-electron chi connectivity index (χ1n) is 9.02. The molecule has 1 aromatic carbocycles. The summed E-state index contributed by atoms with van der Waals surface area (Å²) in [6.07, 6.45) is 7.02. The van der Waals surface area contributed by atoms with Crippen LogP contribution < -0.4 is 10.2 Å². The number of aryl methyl sites for hydroxylation is 1. The lowest BCUT2D eigenvalue weighted by molar-refractivity contribution is 0.643. The molecule has 0 saturated heterocycles. The van der Waals surface area contributed by atoms with Crippen molar-refractivity contribution in [2.75, 3.05) is 23.7 Å². The van der Waals surface area contributed by atoms with E-state index < -0.39 is 0 Å². The molecule has 2 N–H and O–H groups in total. The summed E-state index contributed by atoms with van der Waals surface area (Å²) in [5.74, 6) is 2.05. The molecule has 0 bridgehead atoms. The molecule has 0 spiro atoms. The second-order valence-electron chi connectivity index (χ2n) is 6.84. The molecule has 0 amide bonds. The number of rotatable bonds is 2. The van der Waals surface area contributed by atoms with E-state index in [9.17, 15) is 0 Å². The Morgan fingerprint density at radius 2 is 2.11 bits per heavy atom. The van der Waals surface area contributed by atoms with E-state index >= 15 is 0 Å². The summed E-state index contributed by atoms with van der Waals surface area (Å²) < 4.78 is 0. The predicted molar refractivity (Wildman–Crippen MR) is 116 cm³/mol. The number of aromatic amines is 1. The van der Waals surface area contributed by atoms with Crippen LogP contribution >= 0.6 is 24.2 Å². The van der Waals surface area contributed by atoms with Crippen LogP contribution in [0.1, 0.15) is 22.3 Å². The van der Waals surface area contributed by atoms with Crippen molar-refractivity contribution in [2.24, 2.45) is 0 Å². The van der Waals surface area contributed by atoms with E-state index in [1.165, 1.54) is 27.2 Å². The van der Waals surface area contributed by atoms with Crippen LogP contribution in [0, 0.1) is 6.92 Å². The van der Waals surface area contributed by atoms with Crippen LogP contribution in [0.3, 0.4) is 0 Å². The maximum absolute atomic E-state index is 4.59. The maximum atomic E-state index is 4.59. The monoisotopic (exact) mass is 399 g/mol. The number of nitrogens with one attached hydrogen (secondary N) is 2. The fraction of sp³-hybridized carbons (Fsp3) is 0.300. The second-order valence-corrected chi connectivity index (χ2v) is 7.97. The highest BCUT2D eigenvalue weighted by atomic mass is 35.5. The van der Waals surface area contributed by atoms with Crippen molar-refractivity contribution >= 4 is 45.9 Å². The lowest BCUT2D eigenvalue weighted by atomic mass is 9.98. The first-order chi connectivity index (χ1) is 12.8. The molecular formula is C20H22ClN5S. The van der Waals surface area contributed by atoms with E-state index in [4.69, 9.17) is 0 Å². The average Bonchev–Trinajstić information content (AvgIpc) is 3.09. The van der Waals surface area contributed by atoms with Crippen molar-refractivity contribution in [3.63, 3.8) is 0 Å². The van der Waals surface area contributed by atoms with E-state index in [2.05, 4.69) is 56.5 Å². The number of hydrogen-bond donors (Lipinski definition) is 2. The molecule has 5 nitrogen and oxygen atoms in total. The van der Waals surface area contributed by atoms with E-state index in [1.807, 2.05) is 18.0 Å². The van der Waals surface area contributed by atoms with E-state index in [-0.39, 0.29) is 12.4 Å². The van der Waals surface area contributed by atoms with Gasteiger partial charge in [0.25, 0.3) is 0 Å². The minimum absolute atomic E-state index is 0. The Morgan fingerprint density at radius 1 is 1.19 bits per heavy atom. The van der Waals surface area contributed by atoms with Crippen molar-refractivity contribution in [1.29, 1.82) is 0 Å². The zero-order chi connectivity index (χ0) is 17.5. The summed E-state index contributed by atoms with van der Waals surface area (Å²) in [5, 5.41) is 4.56. The van der Waals surface area contributed by atoms with Gasteiger partial charge in [0.2, 0.25) is 0 Å². The Labute approximate surface area is 169 Å². The van der Waals surface area contributed by atoms with E-state index in [1.54, 1.807) is 6.33 Å². The van der Waals surface area contributed by atoms with Crippen molar-refractivity contribution in [3.05, 3.63) is 59.2 Å². The Balaban J connectivity index is 0.00000180. The van der Waals surface area contributed by atoms with Gasteiger partial charge in [0.1, 0.15) is 17.8 Å². The number of fused-ring (bicyclic) bond motifs is 2. The molecule has 0 atom stereocenters. The van der Waals surface area contributed by atoms with Crippen LogP contribution in [0.4, 0.5) is 5.82 Å². The third-order valence-corrected chi connectivity index (χ3v) is 6.20. The lowest BCUT2D eigenvalue weighted by Crippen LogP contribution is -2.25. The normalized spacial score (nSPS) is 16.6. The van der Waals surface area contributed by atoms with Crippen molar-refractivity contribution < 1.29 is 0 Å². The Hall–Kier alpha value is -2.02. The van der Waals surface area contributed by atoms with Crippen molar-refractivity contribution in [1.82, 2.24) is 20.3 Å². The molecule has 2 aliphatic heterocycles. The summed E-state index contributed by atoms with van der Waals surface area (Å²) in [6.45, 7) is 5.12. The van der Waals surface area contributed by atoms with Gasteiger partial charge in [-0.25, -0.2) is 9.97 Å². The number of H-pyrrole nitrogens is 1. The number of benzene rings is 1. The van der Waals surface area contributed by atoms with Crippen molar-refractivity contribution in [3.8, 4) is 0 Å². The molecule has 0 fully saturated rings. The van der Waals surface area contributed by atoms with Crippen molar-refractivity contribution in [2.45, 2.75) is 19.9 Å². The molecule has 0 radical (unpaired) electrons. The lowest BCUT2D eigenvalue weighted by Gasteiger charge is -2.27. The molecule has 7 heteroatoms.